The normalized spacial score (nSPS) is 20.3. The Bertz CT molecular complexity index is 430. The summed E-state index contributed by atoms with van der Waals surface area (Å²) in [5, 5.41) is 4.24. The quantitative estimate of drug-likeness (QED) is 0.894. The molecule has 1 fully saturated rings. The Hall–Kier alpha value is -0.770. The fraction of sp³-hybridized carbons (Fsp3) is 0.571. The van der Waals surface area contributed by atoms with Crippen LogP contribution in [0.2, 0.25) is 5.02 Å². The van der Waals surface area contributed by atoms with Gasteiger partial charge in [-0.1, -0.05) is 11.6 Å². The second-order valence-corrected chi connectivity index (χ2v) is 5.47. The molecule has 1 aromatic rings. The van der Waals surface area contributed by atoms with Gasteiger partial charge in [-0.3, -0.25) is 0 Å². The first kappa shape index (κ1) is 12.3. The average Bonchev–Trinajstić information content (AvgIpc) is 2.41. The van der Waals surface area contributed by atoms with Gasteiger partial charge in [-0.15, -0.1) is 0 Å². The number of hydrogen-bond acceptors (Lipinski definition) is 3. The molecule has 1 N–H and O–H groups in total. The van der Waals surface area contributed by atoms with E-state index in [2.05, 4.69) is 11.4 Å². The van der Waals surface area contributed by atoms with E-state index in [-0.39, 0.29) is 0 Å². The van der Waals surface area contributed by atoms with Crippen molar-refractivity contribution in [2.24, 2.45) is 5.92 Å². The van der Waals surface area contributed by atoms with Crippen LogP contribution in [0.5, 0.6) is 5.75 Å². The topological polar surface area (TPSA) is 30.5 Å². The largest absolute Gasteiger partial charge is 0.467 e. The Morgan fingerprint density at radius 1 is 1.28 bits per heavy atom. The van der Waals surface area contributed by atoms with Crippen molar-refractivity contribution in [1.82, 2.24) is 5.32 Å². The van der Waals surface area contributed by atoms with Crippen molar-refractivity contribution in [3.05, 3.63) is 28.3 Å². The van der Waals surface area contributed by atoms with Gasteiger partial charge in [0, 0.05) is 10.6 Å². The van der Waals surface area contributed by atoms with Crippen LogP contribution < -0.4 is 10.1 Å². The van der Waals surface area contributed by atoms with Crippen LogP contribution in [-0.2, 0) is 17.8 Å². The molecule has 0 amide bonds. The lowest BCUT2D eigenvalue weighted by Crippen LogP contribution is -2.28. The van der Waals surface area contributed by atoms with Crippen molar-refractivity contribution >= 4 is 11.6 Å². The Kier molecular flexibility index (Phi) is 3.73. The molecular formula is C14H18ClNO2. The molecule has 0 radical (unpaired) electrons. The monoisotopic (exact) mass is 267 g/mol. The summed E-state index contributed by atoms with van der Waals surface area (Å²) in [6, 6.07) is 4.09. The summed E-state index contributed by atoms with van der Waals surface area (Å²) >= 11 is 6.35. The summed E-state index contributed by atoms with van der Waals surface area (Å²) in [4.78, 5) is 0. The zero-order valence-electron chi connectivity index (χ0n) is 10.4. The Balaban J connectivity index is 1.78. The standard InChI is InChI=1S/C14H18ClNO2/c15-13-6-12-8-17-9-18-14(12)7-11(13)5-10-1-3-16-4-2-10/h6-7,10,16H,1-5,8-9H2. The molecule has 2 aliphatic heterocycles. The fourth-order valence-corrected chi connectivity index (χ4v) is 2.96. The predicted molar refractivity (Wildman–Crippen MR) is 71.0 cm³/mol. The van der Waals surface area contributed by atoms with Gasteiger partial charge in [0.25, 0.3) is 0 Å². The van der Waals surface area contributed by atoms with E-state index in [0.717, 1.165) is 41.8 Å². The summed E-state index contributed by atoms with van der Waals surface area (Å²) in [5.74, 6) is 1.68. The molecule has 0 saturated carbocycles. The minimum absolute atomic E-state index is 0.349. The molecule has 2 aliphatic rings. The van der Waals surface area contributed by atoms with E-state index < -0.39 is 0 Å². The maximum Gasteiger partial charge on any atom is 0.189 e. The number of benzene rings is 1. The van der Waals surface area contributed by atoms with Crippen LogP contribution in [-0.4, -0.2) is 19.9 Å². The SMILES string of the molecule is Clc1cc2c(cc1CC1CCNCC1)OCOC2. The number of piperidine rings is 1. The van der Waals surface area contributed by atoms with Crippen molar-refractivity contribution in [1.29, 1.82) is 0 Å². The number of fused-ring (bicyclic) bond motifs is 1. The van der Waals surface area contributed by atoms with Crippen LogP contribution in [0, 0.1) is 5.92 Å². The lowest BCUT2D eigenvalue weighted by molar-refractivity contribution is -0.0164. The molecule has 2 heterocycles. The van der Waals surface area contributed by atoms with Crippen LogP contribution in [0.4, 0.5) is 0 Å². The Labute approximate surface area is 112 Å². The van der Waals surface area contributed by atoms with E-state index in [1.54, 1.807) is 0 Å². The van der Waals surface area contributed by atoms with Gasteiger partial charge in [-0.25, -0.2) is 0 Å². The Morgan fingerprint density at radius 2 is 2.11 bits per heavy atom. The highest BCUT2D eigenvalue weighted by Gasteiger charge is 2.18. The third-order valence-electron chi connectivity index (χ3n) is 3.75. The van der Waals surface area contributed by atoms with Gasteiger partial charge in [0.2, 0.25) is 0 Å². The highest BCUT2D eigenvalue weighted by Crippen LogP contribution is 2.32. The van der Waals surface area contributed by atoms with Gasteiger partial charge in [-0.05, 0) is 56.0 Å². The van der Waals surface area contributed by atoms with E-state index in [0.29, 0.717) is 13.4 Å². The molecule has 18 heavy (non-hydrogen) atoms. The third-order valence-corrected chi connectivity index (χ3v) is 4.10. The molecule has 98 valence electrons. The highest BCUT2D eigenvalue weighted by molar-refractivity contribution is 6.31. The van der Waals surface area contributed by atoms with Crippen LogP contribution >= 0.6 is 11.6 Å². The molecule has 0 bridgehead atoms. The van der Waals surface area contributed by atoms with Crippen molar-refractivity contribution in [2.75, 3.05) is 19.9 Å². The predicted octanol–water partition coefficient (Wildman–Crippen LogP) is 2.75. The highest BCUT2D eigenvalue weighted by atomic mass is 35.5. The van der Waals surface area contributed by atoms with Crippen LogP contribution in [0.3, 0.4) is 0 Å². The van der Waals surface area contributed by atoms with Crippen molar-refractivity contribution in [2.45, 2.75) is 25.9 Å². The molecule has 3 nitrogen and oxygen atoms in total. The number of hydrogen-bond donors (Lipinski definition) is 1. The zero-order valence-corrected chi connectivity index (χ0v) is 11.1. The zero-order chi connectivity index (χ0) is 12.4. The van der Waals surface area contributed by atoms with Gasteiger partial charge in [0.15, 0.2) is 6.79 Å². The van der Waals surface area contributed by atoms with Crippen molar-refractivity contribution in [3.63, 3.8) is 0 Å². The molecule has 0 aromatic heterocycles. The smallest absolute Gasteiger partial charge is 0.189 e. The lowest BCUT2D eigenvalue weighted by atomic mass is 9.90. The maximum absolute atomic E-state index is 6.35. The van der Waals surface area contributed by atoms with E-state index >= 15 is 0 Å². The molecule has 3 rings (SSSR count). The Morgan fingerprint density at radius 3 is 2.94 bits per heavy atom. The number of halogens is 1. The first-order chi connectivity index (χ1) is 8.83. The fourth-order valence-electron chi connectivity index (χ4n) is 2.69. The molecule has 0 aliphatic carbocycles. The van der Waals surface area contributed by atoms with Gasteiger partial charge in [0.05, 0.1) is 6.61 Å². The number of rotatable bonds is 2. The first-order valence-corrected chi connectivity index (χ1v) is 6.93. The van der Waals surface area contributed by atoms with Crippen LogP contribution in [0.15, 0.2) is 12.1 Å². The minimum Gasteiger partial charge on any atom is -0.467 e. The van der Waals surface area contributed by atoms with Gasteiger partial charge in [-0.2, -0.15) is 0 Å². The average molecular weight is 268 g/mol. The van der Waals surface area contributed by atoms with Crippen molar-refractivity contribution < 1.29 is 9.47 Å². The van der Waals surface area contributed by atoms with Gasteiger partial charge < -0.3 is 14.8 Å². The lowest BCUT2D eigenvalue weighted by Gasteiger charge is -2.24. The molecule has 0 spiro atoms. The summed E-state index contributed by atoms with van der Waals surface area (Å²) in [6.07, 6.45) is 3.52. The van der Waals surface area contributed by atoms with E-state index in [9.17, 15) is 0 Å². The van der Waals surface area contributed by atoms with Gasteiger partial charge in [0.1, 0.15) is 5.75 Å². The second kappa shape index (κ2) is 5.47. The van der Waals surface area contributed by atoms with Crippen LogP contribution in [0.1, 0.15) is 24.0 Å². The van der Waals surface area contributed by atoms with Crippen molar-refractivity contribution in [3.8, 4) is 5.75 Å². The maximum atomic E-state index is 6.35. The van der Waals surface area contributed by atoms with Gasteiger partial charge >= 0.3 is 0 Å². The molecule has 1 saturated heterocycles. The number of nitrogens with one attached hydrogen (secondary N) is 1. The molecule has 4 heteroatoms. The summed E-state index contributed by atoms with van der Waals surface area (Å²) in [7, 11) is 0. The summed E-state index contributed by atoms with van der Waals surface area (Å²) in [6.45, 7) is 3.19. The number of ether oxygens (including phenoxy) is 2. The first-order valence-electron chi connectivity index (χ1n) is 6.55. The van der Waals surface area contributed by atoms with E-state index in [1.165, 1.54) is 18.4 Å². The molecule has 1 aromatic carbocycles. The minimum atomic E-state index is 0.349. The molecule has 0 atom stereocenters. The van der Waals surface area contributed by atoms with E-state index in [4.69, 9.17) is 21.1 Å². The summed E-state index contributed by atoms with van der Waals surface area (Å²) < 4.78 is 10.8. The summed E-state index contributed by atoms with van der Waals surface area (Å²) in [5.41, 5.74) is 2.27. The van der Waals surface area contributed by atoms with Crippen LogP contribution in [0.25, 0.3) is 0 Å². The van der Waals surface area contributed by atoms with E-state index in [1.807, 2.05) is 6.07 Å². The third kappa shape index (κ3) is 2.63. The molecule has 0 unspecified atom stereocenters. The second-order valence-electron chi connectivity index (χ2n) is 5.06. The molecular weight excluding hydrogens is 250 g/mol.